The lowest BCUT2D eigenvalue weighted by Gasteiger charge is -2.40. The molecule has 2 heterocycles. The summed E-state index contributed by atoms with van der Waals surface area (Å²) in [4.78, 5) is 34.0. The van der Waals surface area contributed by atoms with Crippen LogP contribution in [0.3, 0.4) is 0 Å². The molecule has 0 spiro atoms. The van der Waals surface area contributed by atoms with Crippen LogP contribution in [-0.2, 0) is 9.59 Å². The van der Waals surface area contributed by atoms with Crippen molar-refractivity contribution in [3.63, 3.8) is 0 Å². The zero-order valence-electron chi connectivity index (χ0n) is 24.3. The van der Waals surface area contributed by atoms with Crippen LogP contribution in [0.25, 0.3) is 0 Å². The second-order valence-electron chi connectivity index (χ2n) is 12.4. The number of carbonyl (C=O) groups is 2. The second-order valence-corrected chi connectivity index (χ2v) is 12.8. The van der Waals surface area contributed by atoms with Gasteiger partial charge in [-0.1, -0.05) is 55.8 Å². The molecule has 6 nitrogen and oxygen atoms in total. The first kappa shape index (κ1) is 28.3. The summed E-state index contributed by atoms with van der Waals surface area (Å²) in [5.41, 5.74) is 6.06. The van der Waals surface area contributed by atoms with Gasteiger partial charge in [0, 0.05) is 54.6 Å². The maximum Gasteiger partial charge on any atom is 0.242 e. The number of benzene rings is 3. The standard InChI is InChI=1S/C34H36ClFN4O2/c1-22-8-11-24(35)18-29(22)38-14-16-39(17-15-38)31(42)21-40-28-7-5-4-6-26(28)37-27-19-34(2,3)20-30(41)32(27)33(40)23-9-12-25(36)13-10-23/h4-13,18,33,37H,14-17,19-21H2,1-3H3. The number of aryl methyl sites for hydroxylation is 1. The van der Waals surface area contributed by atoms with Crippen molar-refractivity contribution in [3.8, 4) is 0 Å². The van der Waals surface area contributed by atoms with Crippen molar-refractivity contribution in [3.05, 3.63) is 100.0 Å². The molecule has 0 bridgehead atoms. The molecule has 1 unspecified atom stereocenters. The Morgan fingerprint density at radius 1 is 0.976 bits per heavy atom. The monoisotopic (exact) mass is 586 g/mol. The summed E-state index contributed by atoms with van der Waals surface area (Å²) in [5, 5.41) is 4.27. The van der Waals surface area contributed by atoms with Gasteiger partial charge < -0.3 is 20.0 Å². The third-order valence-electron chi connectivity index (χ3n) is 8.64. The Morgan fingerprint density at radius 2 is 1.69 bits per heavy atom. The highest BCUT2D eigenvalue weighted by Gasteiger charge is 2.42. The molecule has 3 aromatic carbocycles. The minimum absolute atomic E-state index is 0.00739. The van der Waals surface area contributed by atoms with Crippen LogP contribution in [0.4, 0.5) is 21.5 Å². The number of Topliss-reactive ketones (excluding diaryl/α,β-unsaturated/α-hetero) is 1. The Hall–Kier alpha value is -3.84. The smallest absolute Gasteiger partial charge is 0.242 e. The van der Waals surface area contributed by atoms with Crippen molar-refractivity contribution in [1.82, 2.24) is 4.90 Å². The third-order valence-corrected chi connectivity index (χ3v) is 8.87. The Bertz CT molecular complexity index is 1560. The highest BCUT2D eigenvalue weighted by molar-refractivity contribution is 6.30. The summed E-state index contributed by atoms with van der Waals surface area (Å²) in [6, 6.07) is 19.6. The number of halogens is 2. The predicted octanol–water partition coefficient (Wildman–Crippen LogP) is 6.75. The van der Waals surface area contributed by atoms with Crippen LogP contribution in [0.2, 0.25) is 5.02 Å². The number of ketones is 1. The van der Waals surface area contributed by atoms with Crippen molar-refractivity contribution in [1.29, 1.82) is 0 Å². The van der Waals surface area contributed by atoms with Gasteiger partial charge in [0.05, 0.1) is 24.0 Å². The van der Waals surface area contributed by atoms with E-state index in [-0.39, 0.29) is 29.5 Å². The molecule has 8 heteroatoms. The molecule has 2 aliphatic heterocycles. The van der Waals surface area contributed by atoms with E-state index in [4.69, 9.17) is 11.6 Å². The first-order valence-electron chi connectivity index (χ1n) is 14.5. The van der Waals surface area contributed by atoms with E-state index in [1.54, 1.807) is 12.1 Å². The number of hydrogen-bond donors (Lipinski definition) is 1. The number of carbonyl (C=O) groups excluding carboxylic acids is 2. The summed E-state index contributed by atoms with van der Waals surface area (Å²) in [5.74, 6) is -0.294. The number of anilines is 3. The number of nitrogens with one attached hydrogen (secondary N) is 1. The quantitative estimate of drug-likeness (QED) is 0.366. The van der Waals surface area contributed by atoms with Crippen LogP contribution >= 0.6 is 11.6 Å². The largest absolute Gasteiger partial charge is 0.368 e. The molecule has 3 aromatic rings. The molecule has 1 N–H and O–H groups in total. The lowest BCUT2D eigenvalue weighted by molar-refractivity contribution is -0.130. The van der Waals surface area contributed by atoms with Crippen LogP contribution in [0.1, 0.15) is 43.9 Å². The first-order chi connectivity index (χ1) is 20.1. The predicted molar refractivity (Wildman–Crippen MR) is 167 cm³/mol. The SMILES string of the molecule is Cc1ccc(Cl)cc1N1CCN(C(=O)CN2c3ccccc3NC3=C(C(=O)CC(C)(C)C3)C2c2ccc(F)cc2)CC1. The van der Waals surface area contributed by atoms with Crippen LogP contribution in [0.5, 0.6) is 0 Å². The fraction of sp³-hybridized carbons (Fsp3) is 0.353. The zero-order valence-corrected chi connectivity index (χ0v) is 25.0. The molecule has 1 amide bonds. The topological polar surface area (TPSA) is 55.9 Å². The number of para-hydroxylation sites is 2. The van der Waals surface area contributed by atoms with Gasteiger partial charge in [0.2, 0.25) is 5.91 Å². The van der Waals surface area contributed by atoms with E-state index in [9.17, 15) is 14.0 Å². The van der Waals surface area contributed by atoms with Crippen LogP contribution in [0.15, 0.2) is 78.0 Å². The molecular weight excluding hydrogens is 551 g/mol. The van der Waals surface area contributed by atoms with Gasteiger partial charge in [0.15, 0.2) is 5.78 Å². The van der Waals surface area contributed by atoms with Gasteiger partial charge in [-0.25, -0.2) is 4.39 Å². The lowest BCUT2D eigenvalue weighted by Crippen LogP contribution is -2.52. The highest BCUT2D eigenvalue weighted by atomic mass is 35.5. The average Bonchev–Trinajstić information content (AvgIpc) is 3.08. The molecule has 218 valence electrons. The molecule has 1 atom stereocenters. The van der Waals surface area contributed by atoms with Crippen molar-refractivity contribution in [2.24, 2.45) is 5.41 Å². The van der Waals surface area contributed by atoms with Crippen molar-refractivity contribution in [2.75, 3.05) is 47.8 Å². The van der Waals surface area contributed by atoms with Crippen LogP contribution in [0, 0.1) is 18.2 Å². The van der Waals surface area contributed by atoms with Gasteiger partial charge in [-0.05, 0) is 66.3 Å². The number of fused-ring (bicyclic) bond motifs is 1. The summed E-state index contributed by atoms with van der Waals surface area (Å²) in [6.07, 6.45) is 1.11. The summed E-state index contributed by atoms with van der Waals surface area (Å²) in [6.45, 7) is 8.94. The fourth-order valence-corrected chi connectivity index (χ4v) is 6.75. The number of nitrogens with zero attached hydrogens (tertiary/aromatic N) is 3. The van der Waals surface area contributed by atoms with Gasteiger partial charge in [0.25, 0.3) is 0 Å². The van der Waals surface area contributed by atoms with Crippen molar-refractivity contribution < 1.29 is 14.0 Å². The molecule has 1 fully saturated rings. The van der Waals surface area contributed by atoms with E-state index in [1.165, 1.54) is 12.1 Å². The Kier molecular flexibility index (Phi) is 7.48. The Labute approximate surface area is 251 Å². The molecule has 42 heavy (non-hydrogen) atoms. The van der Waals surface area contributed by atoms with E-state index in [0.29, 0.717) is 49.6 Å². The Balaban J connectivity index is 1.34. The minimum atomic E-state index is -0.528. The molecule has 1 aliphatic carbocycles. The lowest BCUT2D eigenvalue weighted by atomic mass is 9.73. The van der Waals surface area contributed by atoms with Crippen molar-refractivity contribution in [2.45, 2.75) is 39.7 Å². The van der Waals surface area contributed by atoms with E-state index < -0.39 is 6.04 Å². The van der Waals surface area contributed by atoms with Crippen LogP contribution < -0.4 is 15.1 Å². The van der Waals surface area contributed by atoms with E-state index in [2.05, 4.69) is 31.0 Å². The molecule has 0 saturated carbocycles. The normalized spacial score (nSPS) is 20.1. The highest BCUT2D eigenvalue weighted by Crippen LogP contribution is 2.48. The van der Waals surface area contributed by atoms with Gasteiger partial charge >= 0.3 is 0 Å². The maximum atomic E-state index is 14.1. The van der Waals surface area contributed by atoms with E-state index in [0.717, 1.165) is 33.9 Å². The van der Waals surface area contributed by atoms with E-state index in [1.807, 2.05) is 52.3 Å². The summed E-state index contributed by atoms with van der Waals surface area (Å²) < 4.78 is 14.1. The molecule has 3 aliphatic rings. The maximum absolute atomic E-state index is 14.1. The van der Waals surface area contributed by atoms with Crippen LogP contribution in [-0.4, -0.2) is 49.3 Å². The molecule has 1 saturated heterocycles. The minimum Gasteiger partial charge on any atom is -0.368 e. The second kappa shape index (κ2) is 11.1. The van der Waals surface area contributed by atoms with Gasteiger partial charge in [-0.2, -0.15) is 0 Å². The number of hydrogen-bond acceptors (Lipinski definition) is 5. The molecule has 0 radical (unpaired) electrons. The molecule has 6 rings (SSSR count). The van der Waals surface area contributed by atoms with Gasteiger partial charge in [0.1, 0.15) is 5.82 Å². The number of amides is 1. The van der Waals surface area contributed by atoms with E-state index >= 15 is 0 Å². The number of piperazine rings is 1. The number of rotatable bonds is 4. The molecule has 0 aromatic heterocycles. The summed E-state index contributed by atoms with van der Waals surface area (Å²) >= 11 is 6.28. The summed E-state index contributed by atoms with van der Waals surface area (Å²) in [7, 11) is 0. The van der Waals surface area contributed by atoms with Crippen molar-refractivity contribution >= 4 is 40.4 Å². The third kappa shape index (κ3) is 5.50. The Morgan fingerprint density at radius 3 is 2.43 bits per heavy atom. The van der Waals surface area contributed by atoms with Gasteiger partial charge in [-0.15, -0.1) is 0 Å². The fourth-order valence-electron chi connectivity index (χ4n) is 6.58. The first-order valence-corrected chi connectivity index (χ1v) is 14.9. The number of allylic oxidation sites excluding steroid dienone is 1. The zero-order chi connectivity index (χ0) is 29.6. The van der Waals surface area contributed by atoms with Gasteiger partial charge in [-0.3, -0.25) is 9.59 Å². The molecular formula is C34H36ClFN4O2. The average molecular weight is 587 g/mol.